The number of Topliss-reactive ketones (excluding diaryl/α,β-unsaturated/α-hetero) is 1. The minimum Gasteiger partial charge on any atom is -0.299 e. The largest absolute Gasteiger partial charge is 0.299 e. The maximum absolute atomic E-state index is 11.5. The molecule has 62 valence electrons. The smallest absolute Gasteiger partial charge is 0.136 e. The number of fused-ring (bicyclic) bond motifs is 1. The van der Waals surface area contributed by atoms with Gasteiger partial charge in [0.1, 0.15) is 5.78 Å². The highest BCUT2D eigenvalue weighted by molar-refractivity contribution is 5.81. The zero-order valence-corrected chi connectivity index (χ0v) is 7.01. The van der Waals surface area contributed by atoms with Crippen LogP contribution in [0.25, 0.3) is 0 Å². The molecule has 0 unspecified atom stereocenters. The van der Waals surface area contributed by atoms with Gasteiger partial charge in [-0.05, 0) is 31.6 Å². The maximum Gasteiger partial charge on any atom is 0.136 e. The molecule has 1 heteroatoms. The van der Waals surface area contributed by atoms with Gasteiger partial charge in [-0.2, -0.15) is 0 Å². The highest BCUT2D eigenvalue weighted by Crippen LogP contribution is 2.38. The number of carbonyl (C=O) groups excluding carboxylic acids is 1. The van der Waals surface area contributed by atoms with Crippen LogP contribution >= 0.6 is 0 Å². The summed E-state index contributed by atoms with van der Waals surface area (Å²) in [5.74, 6) is 1.84. The van der Waals surface area contributed by atoms with Gasteiger partial charge in [0, 0.05) is 12.3 Å². The highest BCUT2D eigenvalue weighted by atomic mass is 16.1. The third kappa shape index (κ3) is 1.33. The van der Waals surface area contributed by atoms with Crippen LogP contribution in [0.5, 0.6) is 0 Å². The van der Waals surface area contributed by atoms with E-state index in [1.54, 1.807) is 0 Å². The molecule has 0 heterocycles. The molecule has 0 radical (unpaired) electrons. The minimum absolute atomic E-state index is 0.484. The third-order valence-corrected chi connectivity index (χ3v) is 3.32. The number of hydrogen-bond donors (Lipinski definition) is 0. The van der Waals surface area contributed by atoms with Crippen molar-refractivity contribution in [3.8, 4) is 0 Å². The first kappa shape index (κ1) is 7.33. The van der Waals surface area contributed by atoms with Gasteiger partial charge < -0.3 is 0 Å². The summed E-state index contributed by atoms with van der Waals surface area (Å²) in [6.07, 6.45) is 8.50. The molecule has 2 atom stereocenters. The average Bonchev–Trinajstić information content (AvgIpc) is 2.40. The number of ketones is 1. The van der Waals surface area contributed by atoms with E-state index in [0.29, 0.717) is 11.7 Å². The molecule has 11 heavy (non-hydrogen) atoms. The summed E-state index contributed by atoms with van der Waals surface area (Å²) in [5, 5.41) is 0. The van der Waals surface area contributed by atoms with Gasteiger partial charge in [0.15, 0.2) is 0 Å². The van der Waals surface area contributed by atoms with Crippen molar-refractivity contribution in [2.75, 3.05) is 0 Å². The normalized spacial score (nSPS) is 38.4. The van der Waals surface area contributed by atoms with E-state index in [2.05, 4.69) is 0 Å². The van der Waals surface area contributed by atoms with Gasteiger partial charge in [0.05, 0.1) is 0 Å². The van der Waals surface area contributed by atoms with Gasteiger partial charge in [-0.3, -0.25) is 4.79 Å². The fourth-order valence-corrected chi connectivity index (χ4v) is 2.70. The third-order valence-electron chi connectivity index (χ3n) is 3.32. The predicted molar refractivity (Wildman–Crippen MR) is 44.3 cm³/mol. The van der Waals surface area contributed by atoms with E-state index in [1.807, 2.05) is 0 Å². The van der Waals surface area contributed by atoms with Crippen LogP contribution < -0.4 is 0 Å². The van der Waals surface area contributed by atoms with Crippen molar-refractivity contribution < 1.29 is 4.79 Å². The second-order valence-corrected chi connectivity index (χ2v) is 4.01. The lowest BCUT2D eigenvalue weighted by Crippen LogP contribution is -2.15. The SMILES string of the molecule is O=C1CCCC[C@H]2CCC[C@H]12. The summed E-state index contributed by atoms with van der Waals surface area (Å²) in [6, 6.07) is 0. The van der Waals surface area contributed by atoms with Crippen LogP contribution in [0, 0.1) is 11.8 Å². The quantitative estimate of drug-likeness (QED) is 0.521. The molecule has 0 amide bonds. The van der Waals surface area contributed by atoms with E-state index in [9.17, 15) is 4.79 Å². The lowest BCUT2D eigenvalue weighted by atomic mass is 9.91. The molecule has 0 spiro atoms. The van der Waals surface area contributed by atoms with Gasteiger partial charge >= 0.3 is 0 Å². The van der Waals surface area contributed by atoms with Crippen molar-refractivity contribution in [1.29, 1.82) is 0 Å². The average molecular weight is 152 g/mol. The van der Waals surface area contributed by atoms with Crippen LogP contribution in [0.4, 0.5) is 0 Å². The monoisotopic (exact) mass is 152 g/mol. The molecule has 0 saturated heterocycles. The zero-order valence-electron chi connectivity index (χ0n) is 7.01. The van der Waals surface area contributed by atoms with E-state index in [4.69, 9.17) is 0 Å². The van der Waals surface area contributed by atoms with Crippen LogP contribution in [-0.4, -0.2) is 5.78 Å². The van der Waals surface area contributed by atoms with Crippen molar-refractivity contribution in [3.05, 3.63) is 0 Å². The minimum atomic E-state index is 0.484. The van der Waals surface area contributed by atoms with Crippen molar-refractivity contribution in [2.45, 2.75) is 44.9 Å². The topological polar surface area (TPSA) is 17.1 Å². The Bertz CT molecular complexity index is 162. The Kier molecular flexibility index (Phi) is 1.97. The molecule has 2 fully saturated rings. The first-order valence-electron chi connectivity index (χ1n) is 4.90. The zero-order chi connectivity index (χ0) is 7.68. The predicted octanol–water partition coefficient (Wildman–Crippen LogP) is 2.55. The summed E-state index contributed by atoms with van der Waals surface area (Å²) < 4.78 is 0. The van der Waals surface area contributed by atoms with Crippen molar-refractivity contribution in [3.63, 3.8) is 0 Å². The molecule has 0 bridgehead atoms. The Morgan fingerprint density at radius 1 is 1.00 bits per heavy atom. The number of hydrogen-bond acceptors (Lipinski definition) is 1. The molecule has 2 aliphatic rings. The molecule has 0 aliphatic heterocycles. The van der Waals surface area contributed by atoms with E-state index < -0.39 is 0 Å². The van der Waals surface area contributed by atoms with Crippen LogP contribution in [0.15, 0.2) is 0 Å². The second-order valence-electron chi connectivity index (χ2n) is 4.01. The van der Waals surface area contributed by atoms with Crippen molar-refractivity contribution in [1.82, 2.24) is 0 Å². The maximum atomic E-state index is 11.5. The molecule has 0 aromatic carbocycles. The van der Waals surface area contributed by atoms with E-state index in [1.165, 1.54) is 32.1 Å². The molecule has 0 N–H and O–H groups in total. The van der Waals surface area contributed by atoms with Crippen LogP contribution in [0.2, 0.25) is 0 Å². The Morgan fingerprint density at radius 3 is 2.73 bits per heavy atom. The first-order valence-corrected chi connectivity index (χ1v) is 4.90. The fraction of sp³-hybridized carbons (Fsp3) is 0.900. The van der Waals surface area contributed by atoms with Crippen LogP contribution in [-0.2, 0) is 4.79 Å². The Balaban J connectivity index is 2.09. The van der Waals surface area contributed by atoms with Gasteiger partial charge in [-0.25, -0.2) is 0 Å². The van der Waals surface area contributed by atoms with Crippen LogP contribution in [0.3, 0.4) is 0 Å². The van der Waals surface area contributed by atoms with Crippen molar-refractivity contribution >= 4 is 5.78 Å². The Morgan fingerprint density at radius 2 is 1.82 bits per heavy atom. The van der Waals surface area contributed by atoms with Crippen molar-refractivity contribution in [2.24, 2.45) is 11.8 Å². The highest BCUT2D eigenvalue weighted by Gasteiger charge is 2.33. The lowest BCUT2D eigenvalue weighted by Gasteiger charge is -2.13. The molecule has 0 aromatic rings. The molecular formula is C10H16O. The van der Waals surface area contributed by atoms with Gasteiger partial charge in [-0.15, -0.1) is 0 Å². The Hall–Kier alpha value is -0.330. The summed E-state index contributed by atoms with van der Waals surface area (Å²) in [6.45, 7) is 0. The Labute approximate surface area is 68.2 Å². The fourth-order valence-electron chi connectivity index (χ4n) is 2.70. The lowest BCUT2D eigenvalue weighted by molar-refractivity contribution is -0.123. The standard InChI is InChI=1S/C10H16O/c11-10-7-2-1-4-8-5-3-6-9(8)10/h8-9H,1-7H2/t8-,9-/m0/s1. The van der Waals surface area contributed by atoms with Gasteiger partial charge in [0.25, 0.3) is 0 Å². The first-order chi connectivity index (χ1) is 5.38. The molecule has 2 saturated carbocycles. The molecule has 2 rings (SSSR count). The summed E-state index contributed by atoms with van der Waals surface area (Å²) >= 11 is 0. The molecule has 0 aromatic heterocycles. The number of rotatable bonds is 0. The number of carbonyl (C=O) groups is 1. The van der Waals surface area contributed by atoms with Crippen LogP contribution in [0.1, 0.15) is 44.9 Å². The second kappa shape index (κ2) is 2.96. The molecule has 2 aliphatic carbocycles. The molecule has 1 nitrogen and oxygen atoms in total. The van der Waals surface area contributed by atoms with E-state index in [0.717, 1.165) is 18.8 Å². The summed E-state index contributed by atoms with van der Waals surface area (Å²) in [5.41, 5.74) is 0. The van der Waals surface area contributed by atoms with Gasteiger partial charge in [0.2, 0.25) is 0 Å². The molecular weight excluding hydrogens is 136 g/mol. The summed E-state index contributed by atoms with van der Waals surface area (Å²) in [4.78, 5) is 11.5. The van der Waals surface area contributed by atoms with E-state index in [-0.39, 0.29) is 0 Å². The van der Waals surface area contributed by atoms with E-state index >= 15 is 0 Å². The van der Waals surface area contributed by atoms with Gasteiger partial charge in [-0.1, -0.05) is 12.8 Å². The summed E-state index contributed by atoms with van der Waals surface area (Å²) in [7, 11) is 0.